The Morgan fingerprint density at radius 3 is 2.56 bits per heavy atom. The average molecular weight is 243 g/mol. The molecule has 0 aliphatic rings. The van der Waals surface area contributed by atoms with Crippen LogP contribution in [0.25, 0.3) is 0 Å². The highest BCUT2D eigenvalue weighted by Crippen LogP contribution is 2.05. The maximum Gasteiger partial charge on any atom is 0.323 e. The van der Waals surface area contributed by atoms with Crippen molar-refractivity contribution in [3.05, 3.63) is 16.6 Å². The number of hydrogen-bond donors (Lipinski definition) is 2. The molecule has 3 N–H and O–H groups in total. The molecule has 1 rings (SSSR count). The number of amides is 2. The van der Waals surface area contributed by atoms with Crippen molar-refractivity contribution in [2.75, 3.05) is 13.1 Å². The van der Waals surface area contributed by atoms with E-state index in [-0.39, 0.29) is 5.69 Å². The second kappa shape index (κ2) is 5.21. The van der Waals surface area contributed by atoms with Gasteiger partial charge in [-0.25, -0.2) is 4.98 Å². The van der Waals surface area contributed by atoms with Gasteiger partial charge in [0, 0.05) is 5.38 Å². The van der Waals surface area contributed by atoms with Crippen molar-refractivity contribution in [2.45, 2.75) is 0 Å². The molecular weight excluding hydrogens is 234 g/mol. The third kappa shape index (κ3) is 3.31. The first-order valence-corrected chi connectivity index (χ1v) is 5.12. The smallest absolute Gasteiger partial charge is 0.323 e. The number of carbonyl (C=O) groups excluding carboxylic acids is 2. The molecule has 8 heteroatoms. The lowest BCUT2D eigenvalue weighted by atomic mass is 10.3. The third-order valence-electron chi connectivity index (χ3n) is 1.61. The fourth-order valence-electron chi connectivity index (χ4n) is 1.03. The van der Waals surface area contributed by atoms with Gasteiger partial charge in [0.25, 0.3) is 5.91 Å². The van der Waals surface area contributed by atoms with Gasteiger partial charge in [0.05, 0.1) is 5.51 Å². The van der Waals surface area contributed by atoms with E-state index in [1.165, 1.54) is 22.2 Å². The van der Waals surface area contributed by atoms with Crippen LogP contribution in [-0.2, 0) is 9.59 Å². The fourth-order valence-corrected chi connectivity index (χ4v) is 1.56. The van der Waals surface area contributed by atoms with Crippen LogP contribution < -0.4 is 5.73 Å². The molecule has 0 aromatic carbocycles. The number of nitrogens with two attached hydrogens (primary N) is 1. The summed E-state index contributed by atoms with van der Waals surface area (Å²) in [5.74, 6) is -2.61. The first kappa shape index (κ1) is 12.1. The van der Waals surface area contributed by atoms with Crippen molar-refractivity contribution in [1.29, 1.82) is 0 Å². The number of nitrogens with zero attached hydrogens (tertiary/aromatic N) is 2. The predicted molar refractivity (Wildman–Crippen MR) is 54.8 cm³/mol. The number of aliphatic carboxylic acids is 1. The van der Waals surface area contributed by atoms with Gasteiger partial charge in [-0.1, -0.05) is 0 Å². The Morgan fingerprint density at radius 1 is 1.44 bits per heavy atom. The van der Waals surface area contributed by atoms with E-state index in [9.17, 15) is 14.4 Å². The molecule has 0 radical (unpaired) electrons. The zero-order chi connectivity index (χ0) is 12.1. The van der Waals surface area contributed by atoms with Crippen LogP contribution in [0.2, 0.25) is 0 Å². The zero-order valence-corrected chi connectivity index (χ0v) is 8.94. The highest BCUT2D eigenvalue weighted by Gasteiger charge is 2.21. The summed E-state index contributed by atoms with van der Waals surface area (Å²) in [5.41, 5.74) is 6.46. The first-order valence-electron chi connectivity index (χ1n) is 4.18. The summed E-state index contributed by atoms with van der Waals surface area (Å²) in [6.07, 6.45) is 0. The number of carboxylic acids is 1. The van der Waals surface area contributed by atoms with Gasteiger partial charge in [-0.05, 0) is 0 Å². The maximum atomic E-state index is 11.7. The Hall–Kier alpha value is -1.96. The largest absolute Gasteiger partial charge is 0.480 e. The summed E-state index contributed by atoms with van der Waals surface area (Å²) >= 11 is 1.20. The minimum atomic E-state index is -1.22. The van der Waals surface area contributed by atoms with Gasteiger partial charge in [-0.15, -0.1) is 11.3 Å². The SMILES string of the molecule is NC(=O)CN(CC(=O)O)C(=O)c1cscn1. The van der Waals surface area contributed by atoms with Crippen LogP contribution in [0.15, 0.2) is 10.9 Å². The summed E-state index contributed by atoms with van der Waals surface area (Å²) in [5, 5.41) is 10.0. The van der Waals surface area contributed by atoms with E-state index in [1.54, 1.807) is 0 Å². The van der Waals surface area contributed by atoms with Gasteiger partial charge < -0.3 is 15.7 Å². The van der Waals surface area contributed by atoms with E-state index in [0.717, 1.165) is 4.90 Å². The zero-order valence-electron chi connectivity index (χ0n) is 8.12. The van der Waals surface area contributed by atoms with E-state index >= 15 is 0 Å². The van der Waals surface area contributed by atoms with Crippen LogP contribution >= 0.6 is 11.3 Å². The number of rotatable bonds is 5. The first-order chi connectivity index (χ1) is 7.50. The van der Waals surface area contributed by atoms with Gasteiger partial charge in [0.1, 0.15) is 18.8 Å². The van der Waals surface area contributed by atoms with Crippen LogP contribution in [0.4, 0.5) is 0 Å². The Bertz CT molecular complexity index is 387. The van der Waals surface area contributed by atoms with Crippen molar-refractivity contribution in [2.24, 2.45) is 5.73 Å². The summed E-state index contributed by atoms with van der Waals surface area (Å²) in [6, 6.07) is 0. The monoisotopic (exact) mass is 243 g/mol. The summed E-state index contributed by atoms with van der Waals surface area (Å²) in [4.78, 5) is 37.4. The molecule has 0 unspecified atom stereocenters. The second-order valence-electron chi connectivity index (χ2n) is 2.89. The van der Waals surface area contributed by atoms with Gasteiger partial charge >= 0.3 is 5.97 Å². The summed E-state index contributed by atoms with van der Waals surface area (Å²) < 4.78 is 0. The molecule has 16 heavy (non-hydrogen) atoms. The molecule has 0 bridgehead atoms. The van der Waals surface area contributed by atoms with E-state index < -0.39 is 30.9 Å². The van der Waals surface area contributed by atoms with Crippen molar-refractivity contribution in [1.82, 2.24) is 9.88 Å². The number of aromatic nitrogens is 1. The van der Waals surface area contributed by atoms with Crippen LogP contribution in [0.1, 0.15) is 10.5 Å². The van der Waals surface area contributed by atoms with Gasteiger partial charge in [-0.3, -0.25) is 14.4 Å². The lowest BCUT2D eigenvalue weighted by molar-refractivity contribution is -0.138. The molecule has 0 spiro atoms. The van der Waals surface area contributed by atoms with E-state index in [0.29, 0.717) is 0 Å². The molecule has 1 aromatic rings. The Balaban J connectivity index is 2.79. The standard InChI is InChI=1S/C8H9N3O4S/c9-6(12)1-11(2-7(13)14)8(15)5-3-16-4-10-5/h3-4H,1-2H2,(H2,9,12)(H,13,14). The molecule has 0 saturated carbocycles. The quantitative estimate of drug-likeness (QED) is 0.699. The molecule has 2 amide bonds. The van der Waals surface area contributed by atoms with Crippen LogP contribution in [0, 0.1) is 0 Å². The molecule has 0 atom stereocenters. The van der Waals surface area contributed by atoms with Gasteiger partial charge in [0.15, 0.2) is 0 Å². The van der Waals surface area contributed by atoms with Crippen LogP contribution in [0.3, 0.4) is 0 Å². The minimum Gasteiger partial charge on any atom is -0.480 e. The summed E-state index contributed by atoms with van der Waals surface area (Å²) in [7, 11) is 0. The minimum absolute atomic E-state index is 0.104. The molecule has 0 fully saturated rings. The van der Waals surface area contributed by atoms with E-state index in [1.807, 2.05) is 0 Å². The Morgan fingerprint density at radius 2 is 2.12 bits per heavy atom. The van der Waals surface area contributed by atoms with Crippen molar-refractivity contribution in [3.63, 3.8) is 0 Å². The topological polar surface area (TPSA) is 114 Å². The fraction of sp³-hybridized carbons (Fsp3) is 0.250. The molecule has 0 aliphatic heterocycles. The molecular formula is C8H9N3O4S. The molecule has 0 saturated heterocycles. The average Bonchev–Trinajstić information content (AvgIpc) is 2.66. The van der Waals surface area contributed by atoms with Crippen molar-refractivity contribution < 1.29 is 19.5 Å². The third-order valence-corrected chi connectivity index (χ3v) is 2.20. The molecule has 1 aromatic heterocycles. The predicted octanol–water partition coefficient (Wildman–Crippen LogP) is -0.845. The highest BCUT2D eigenvalue weighted by molar-refractivity contribution is 7.07. The normalized spacial score (nSPS) is 9.75. The maximum absolute atomic E-state index is 11.7. The Labute approximate surface area is 94.5 Å². The van der Waals surface area contributed by atoms with Crippen molar-refractivity contribution >= 4 is 29.1 Å². The molecule has 0 aliphatic carbocycles. The lowest BCUT2D eigenvalue weighted by Gasteiger charge is -2.17. The van der Waals surface area contributed by atoms with Crippen LogP contribution in [0.5, 0.6) is 0 Å². The molecule has 1 heterocycles. The Kier molecular flexibility index (Phi) is 3.95. The summed E-state index contributed by atoms with van der Waals surface area (Å²) in [6.45, 7) is -1.03. The molecule has 86 valence electrons. The van der Waals surface area contributed by atoms with Gasteiger partial charge in [0.2, 0.25) is 5.91 Å². The van der Waals surface area contributed by atoms with Crippen molar-refractivity contribution in [3.8, 4) is 0 Å². The van der Waals surface area contributed by atoms with E-state index in [4.69, 9.17) is 10.8 Å². The van der Waals surface area contributed by atoms with E-state index in [2.05, 4.69) is 4.98 Å². The second-order valence-corrected chi connectivity index (χ2v) is 3.61. The van der Waals surface area contributed by atoms with Gasteiger partial charge in [-0.2, -0.15) is 0 Å². The van der Waals surface area contributed by atoms with Crippen LogP contribution in [-0.4, -0.2) is 45.9 Å². The number of carbonyl (C=O) groups is 3. The number of thiazole rings is 1. The number of hydrogen-bond acceptors (Lipinski definition) is 5. The number of carboxylic acid groups (broad SMARTS) is 1. The number of primary amides is 1. The molecule has 7 nitrogen and oxygen atoms in total. The lowest BCUT2D eigenvalue weighted by Crippen LogP contribution is -2.41. The highest BCUT2D eigenvalue weighted by atomic mass is 32.1.